The normalized spacial score (nSPS) is 13.6. The summed E-state index contributed by atoms with van der Waals surface area (Å²) in [7, 11) is 0. The molecule has 238 valence electrons. The van der Waals surface area contributed by atoms with Crippen molar-refractivity contribution in [2.24, 2.45) is 0 Å². The molecule has 0 aliphatic carbocycles. The van der Waals surface area contributed by atoms with Gasteiger partial charge in [0, 0.05) is 47.5 Å². The number of likely N-dealkylation sites (tertiary alicyclic amines) is 1. The summed E-state index contributed by atoms with van der Waals surface area (Å²) in [5.74, 6) is -0.223. The van der Waals surface area contributed by atoms with E-state index in [1.807, 2.05) is 48.5 Å². The van der Waals surface area contributed by atoms with Gasteiger partial charge in [0.2, 0.25) is 5.13 Å². The second kappa shape index (κ2) is 14.7. The van der Waals surface area contributed by atoms with Gasteiger partial charge in [0.25, 0.3) is 5.91 Å². The van der Waals surface area contributed by atoms with Gasteiger partial charge in [0.1, 0.15) is 5.01 Å². The van der Waals surface area contributed by atoms with Gasteiger partial charge in [-0.15, -0.1) is 10.2 Å². The molecule has 2 aromatic heterocycles. The van der Waals surface area contributed by atoms with Crippen LogP contribution in [0.1, 0.15) is 72.4 Å². The average molecular weight is 636 g/mol. The number of fused-ring (bicyclic) bond motifs is 1. The van der Waals surface area contributed by atoms with Crippen LogP contribution in [0, 0.1) is 0 Å². The number of aromatic nitrogens is 3. The van der Waals surface area contributed by atoms with Crippen LogP contribution in [0.3, 0.4) is 0 Å². The van der Waals surface area contributed by atoms with Crippen molar-refractivity contribution in [2.75, 3.05) is 23.7 Å². The maximum absolute atomic E-state index is 13.1. The number of piperidine rings is 1. The summed E-state index contributed by atoms with van der Waals surface area (Å²) in [6, 6.07) is 23.9. The van der Waals surface area contributed by atoms with Crippen molar-refractivity contribution < 1.29 is 9.59 Å². The second-order valence-corrected chi connectivity index (χ2v) is 12.9. The van der Waals surface area contributed by atoms with E-state index in [-0.39, 0.29) is 18.0 Å². The highest BCUT2D eigenvalue weighted by Gasteiger charge is 2.16. The fourth-order valence-electron chi connectivity index (χ4n) is 5.99. The highest BCUT2D eigenvalue weighted by molar-refractivity contribution is 7.15. The predicted octanol–water partition coefficient (Wildman–Crippen LogP) is 7.62. The van der Waals surface area contributed by atoms with E-state index in [2.05, 4.69) is 79.9 Å². The second-order valence-electron chi connectivity index (χ2n) is 11.9. The first-order valence-electron chi connectivity index (χ1n) is 16.2. The smallest absolute Gasteiger partial charge is 0.319 e. The molecule has 0 radical (unpaired) electrons. The molecule has 0 bridgehead atoms. The molecule has 1 fully saturated rings. The Morgan fingerprint density at radius 2 is 1.61 bits per heavy atom. The lowest BCUT2D eigenvalue weighted by atomic mass is 10.1. The molecule has 0 atom stereocenters. The Morgan fingerprint density at radius 1 is 0.870 bits per heavy atom. The van der Waals surface area contributed by atoms with Crippen LogP contribution in [0.15, 0.2) is 79.0 Å². The Bertz CT molecular complexity index is 1770. The Balaban J connectivity index is 1.06. The molecule has 1 aliphatic rings. The van der Waals surface area contributed by atoms with E-state index < -0.39 is 0 Å². The van der Waals surface area contributed by atoms with Gasteiger partial charge in [-0.05, 0) is 92.4 Å². The summed E-state index contributed by atoms with van der Waals surface area (Å²) in [5, 5.41) is 19.7. The van der Waals surface area contributed by atoms with Crippen molar-refractivity contribution in [3.63, 3.8) is 0 Å². The number of hydrogen-bond acceptors (Lipinski definition) is 6. The van der Waals surface area contributed by atoms with Crippen molar-refractivity contribution >= 4 is 45.0 Å². The first-order valence-corrected chi connectivity index (χ1v) is 17.0. The van der Waals surface area contributed by atoms with E-state index in [1.54, 1.807) is 0 Å². The van der Waals surface area contributed by atoms with Gasteiger partial charge in [0.15, 0.2) is 0 Å². The van der Waals surface area contributed by atoms with E-state index >= 15 is 0 Å². The summed E-state index contributed by atoms with van der Waals surface area (Å²) >= 11 is 1.35. The van der Waals surface area contributed by atoms with Crippen LogP contribution in [-0.4, -0.2) is 50.7 Å². The van der Waals surface area contributed by atoms with E-state index in [0.29, 0.717) is 17.1 Å². The Labute approximate surface area is 274 Å². The lowest BCUT2D eigenvalue weighted by Crippen LogP contribution is -2.37. The molecule has 3 amide bonds. The predicted molar refractivity (Wildman–Crippen MR) is 186 cm³/mol. The molecule has 46 heavy (non-hydrogen) atoms. The fraction of sp³-hybridized carbons (Fsp3) is 0.333. The highest BCUT2D eigenvalue weighted by atomic mass is 32.1. The maximum Gasteiger partial charge on any atom is 0.319 e. The summed E-state index contributed by atoms with van der Waals surface area (Å²) in [5.41, 5.74) is 5.84. The third kappa shape index (κ3) is 7.63. The largest absolute Gasteiger partial charge is 0.335 e. The van der Waals surface area contributed by atoms with Crippen molar-refractivity contribution in [3.8, 4) is 5.69 Å². The molecule has 3 heterocycles. The summed E-state index contributed by atoms with van der Waals surface area (Å²) in [6.07, 6.45) is 8.48. The summed E-state index contributed by atoms with van der Waals surface area (Å²) in [6.45, 7) is 7.39. The third-order valence-electron chi connectivity index (χ3n) is 8.62. The van der Waals surface area contributed by atoms with Crippen molar-refractivity contribution in [1.82, 2.24) is 25.0 Å². The van der Waals surface area contributed by atoms with Gasteiger partial charge in [-0.2, -0.15) is 0 Å². The number of nitrogens with zero attached hydrogens (tertiary/aromatic N) is 4. The van der Waals surface area contributed by atoms with Crippen LogP contribution in [0.5, 0.6) is 0 Å². The lowest BCUT2D eigenvalue weighted by molar-refractivity contribution is 0.102. The fourth-order valence-corrected chi connectivity index (χ4v) is 6.76. The van der Waals surface area contributed by atoms with E-state index in [0.717, 1.165) is 54.4 Å². The van der Waals surface area contributed by atoms with Gasteiger partial charge < -0.3 is 15.2 Å². The molecule has 1 aliphatic heterocycles. The van der Waals surface area contributed by atoms with Crippen molar-refractivity contribution in [2.45, 2.75) is 65.0 Å². The molecule has 1 saturated heterocycles. The number of urea groups is 1. The highest BCUT2D eigenvalue weighted by Crippen LogP contribution is 2.27. The zero-order valence-electron chi connectivity index (χ0n) is 26.5. The number of amides is 3. The van der Waals surface area contributed by atoms with Crippen molar-refractivity contribution in [3.05, 3.63) is 101 Å². The molecule has 0 saturated carbocycles. The average Bonchev–Trinajstić information content (AvgIpc) is 3.69. The lowest BCUT2D eigenvalue weighted by Gasteiger charge is -2.26. The number of benzene rings is 3. The monoisotopic (exact) mass is 635 g/mol. The number of anilines is 2. The molecule has 0 unspecified atom stereocenters. The zero-order valence-corrected chi connectivity index (χ0v) is 27.3. The zero-order chi connectivity index (χ0) is 31.9. The molecule has 0 spiro atoms. The summed E-state index contributed by atoms with van der Waals surface area (Å²) < 4.78 is 2.22. The number of carbonyl (C=O) groups excluding carboxylic acids is 2. The standard InChI is InChI=1S/C36H41N7O2S/c1-3-28(4-2)37-35(45)38-29-16-12-25(13-17-29)22-33-40-41-36(46-33)39-34(44)26-14-18-30(19-15-26)43-24-27(23-42-20-8-5-9-21-42)31-10-6-7-11-32(31)43/h6-7,10-19,24,28H,3-5,8-9,20-23H2,1-2H3,(H2,37,38,45)(H,39,41,44). The molecule has 3 N–H and O–H groups in total. The quantitative estimate of drug-likeness (QED) is 0.139. The van der Waals surface area contributed by atoms with Gasteiger partial charge in [0.05, 0.1) is 5.52 Å². The minimum Gasteiger partial charge on any atom is -0.335 e. The Hall–Kier alpha value is -4.54. The number of nitrogens with one attached hydrogen (secondary N) is 3. The molecular formula is C36H41N7O2S. The van der Waals surface area contributed by atoms with Crippen LogP contribution >= 0.6 is 11.3 Å². The van der Waals surface area contributed by atoms with Gasteiger partial charge in [-0.3, -0.25) is 15.0 Å². The number of carbonyl (C=O) groups is 2. The maximum atomic E-state index is 13.1. The van der Waals surface area contributed by atoms with Crippen LogP contribution in [0.2, 0.25) is 0 Å². The molecule has 10 heteroatoms. The third-order valence-corrected chi connectivity index (χ3v) is 9.46. The van der Waals surface area contributed by atoms with E-state index in [1.165, 1.54) is 47.1 Å². The van der Waals surface area contributed by atoms with Crippen LogP contribution < -0.4 is 16.0 Å². The summed E-state index contributed by atoms with van der Waals surface area (Å²) in [4.78, 5) is 27.8. The number of rotatable bonds is 11. The number of hydrogen-bond donors (Lipinski definition) is 3. The van der Waals surface area contributed by atoms with Gasteiger partial charge in [-0.1, -0.05) is 61.9 Å². The molecule has 6 rings (SSSR count). The minimum absolute atomic E-state index is 0.166. The topological polar surface area (TPSA) is 104 Å². The Morgan fingerprint density at radius 3 is 2.35 bits per heavy atom. The molecular weight excluding hydrogens is 595 g/mol. The van der Waals surface area contributed by atoms with Gasteiger partial charge >= 0.3 is 6.03 Å². The van der Waals surface area contributed by atoms with Crippen LogP contribution in [-0.2, 0) is 13.0 Å². The van der Waals surface area contributed by atoms with Crippen LogP contribution in [0.25, 0.3) is 16.6 Å². The van der Waals surface area contributed by atoms with E-state index in [9.17, 15) is 9.59 Å². The molecule has 9 nitrogen and oxygen atoms in total. The van der Waals surface area contributed by atoms with E-state index in [4.69, 9.17) is 0 Å². The first kappa shape index (κ1) is 31.4. The molecule has 5 aromatic rings. The minimum atomic E-state index is -0.223. The number of para-hydroxylation sites is 1. The Kier molecular flexibility index (Phi) is 10.0. The van der Waals surface area contributed by atoms with Crippen LogP contribution in [0.4, 0.5) is 15.6 Å². The SMILES string of the molecule is CCC(CC)NC(=O)Nc1ccc(Cc2nnc(NC(=O)c3ccc(-n4cc(CN5CCCCC5)c5ccccc54)cc3)s2)cc1. The van der Waals surface area contributed by atoms with Crippen molar-refractivity contribution in [1.29, 1.82) is 0 Å². The first-order chi connectivity index (χ1) is 22.5. The van der Waals surface area contributed by atoms with Gasteiger partial charge in [-0.25, -0.2) is 4.79 Å². The molecule has 3 aromatic carbocycles.